The van der Waals surface area contributed by atoms with Gasteiger partial charge in [-0.05, 0) is 24.1 Å². The molecule has 0 fully saturated rings. The second-order valence-corrected chi connectivity index (χ2v) is 3.05. The largest absolute Gasteiger partial charge is 0.507 e. The molecule has 0 aliphatic rings. The third-order valence-corrected chi connectivity index (χ3v) is 1.96. The van der Waals surface area contributed by atoms with Crippen LogP contribution < -0.4 is 0 Å². The van der Waals surface area contributed by atoms with Gasteiger partial charge >= 0.3 is 0 Å². The van der Waals surface area contributed by atoms with Gasteiger partial charge in [0.2, 0.25) is 0 Å². The lowest BCUT2D eigenvalue weighted by Gasteiger charge is -2.00. The maximum absolute atomic E-state index is 9.25. The van der Waals surface area contributed by atoms with Gasteiger partial charge in [0.1, 0.15) is 5.75 Å². The van der Waals surface area contributed by atoms with Crippen LogP contribution in [0.3, 0.4) is 0 Å². The van der Waals surface area contributed by atoms with E-state index in [1.807, 2.05) is 12.1 Å². The molecule has 0 unspecified atom stereocenters. The lowest BCUT2D eigenvalue weighted by molar-refractivity contribution is 0.462. The van der Waals surface area contributed by atoms with Crippen LogP contribution in [0.5, 0.6) is 5.75 Å². The Balaban J connectivity index is 2.86. The minimum atomic E-state index is 0.277. The Bertz CT molecular complexity index is 245. The number of benzene rings is 1. The van der Waals surface area contributed by atoms with E-state index in [0.717, 1.165) is 12.8 Å². The number of thiol groups is 1. The standard InChI is InChI=1S/C9H12OS/c1-2-3-7-4-5-9(11)8(10)6-7/h4-6,10-11H,2-3H2,1H3. The van der Waals surface area contributed by atoms with Gasteiger partial charge in [0.15, 0.2) is 0 Å². The molecule has 0 saturated heterocycles. The molecule has 2 heteroatoms. The summed E-state index contributed by atoms with van der Waals surface area (Å²) >= 11 is 4.06. The Labute approximate surface area is 72.5 Å². The number of hydrogen-bond donors (Lipinski definition) is 2. The zero-order valence-electron chi connectivity index (χ0n) is 6.54. The second-order valence-electron chi connectivity index (χ2n) is 2.57. The monoisotopic (exact) mass is 168 g/mol. The molecular weight excluding hydrogens is 156 g/mol. The van der Waals surface area contributed by atoms with Crippen molar-refractivity contribution in [3.63, 3.8) is 0 Å². The number of phenolic OH excluding ortho intramolecular Hbond substituents is 1. The molecule has 1 aromatic carbocycles. The van der Waals surface area contributed by atoms with Crippen LogP contribution in [0.4, 0.5) is 0 Å². The van der Waals surface area contributed by atoms with Gasteiger partial charge in [0, 0.05) is 4.90 Å². The van der Waals surface area contributed by atoms with Crippen LogP contribution in [0.2, 0.25) is 0 Å². The lowest BCUT2D eigenvalue weighted by Crippen LogP contribution is -1.82. The Morgan fingerprint density at radius 2 is 2.18 bits per heavy atom. The van der Waals surface area contributed by atoms with Crippen molar-refractivity contribution in [2.45, 2.75) is 24.7 Å². The summed E-state index contributed by atoms with van der Waals surface area (Å²) in [5.41, 5.74) is 1.17. The predicted molar refractivity (Wildman–Crippen MR) is 49.4 cm³/mol. The van der Waals surface area contributed by atoms with E-state index in [0.29, 0.717) is 4.90 Å². The normalized spacial score (nSPS) is 10.0. The summed E-state index contributed by atoms with van der Waals surface area (Å²) in [6.45, 7) is 2.12. The van der Waals surface area contributed by atoms with Gasteiger partial charge in [-0.3, -0.25) is 0 Å². The smallest absolute Gasteiger partial charge is 0.129 e. The molecule has 1 aromatic rings. The predicted octanol–water partition coefficient (Wildman–Crippen LogP) is 2.63. The molecule has 0 heterocycles. The highest BCUT2D eigenvalue weighted by Crippen LogP contribution is 2.22. The summed E-state index contributed by atoms with van der Waals surface area (Å²) in [7, 11) is 0. The average molecular weight is 168 g/mol. The zero-order valence-corrected chi connectivity index (χ0v) is 7.44. The Kier molecular flexibility index (Phi) is 2.83. The molecule has 1 N–H and O–H groups in total. The highest BCUT2D eigenvalue weighted by molar-refractivity contribution is 7.80. The molecule has 0 aliphatic heterocycles. The molecule has 0 atom stereocenters. The molecule has 0 aliphatic carbocycles. The quantitative estimate of drug-likeness (QED) is 0.650. The SMILES string of the molecule is CCCc1ccc(S)c(O)c1. The molecule has 0 bridgehead atoms. The second kappa shape index (κ2) is 3.67. The molecule has 0 amide bonds. The van der Waals surface area contributed by atoms with Crippen molar-refractivity contribution in [3.8, 4) is 5.75 Å². The highest BCUT2D eigenvalue weighted by Gasteiger charge is 1.96. The number of rotatable bonds is 2. The van der Waals surface area contributed by atoms with E-state index < -0.39 is 0 Å². The van der Waals surface area contributed by atoms with E-state index in [1.165, 1.54) is 5.56 Å². The molecule has 60 valence electrons. The number of aryl methyl sites for hydroxylation is 1. The van der Waals surface area contributed by atoms with Crippen LogP contribution in [0.25, 0.3) is 0 Å². The topological polar surface area (TPSA) is 20.2 Å². The summed E-state index contributed by atoms with van der Waals surface area (Å²) in [5, 5.41) is 9.25. The van der Waals surface area contributed by atoms with E-state index >= 15 is 0 Å². The van der Waals surface area contributed by atoms with Crippen LogP contribution in [0, 0.1) is 0 Å². The molecule has 11 heavy (non-hydrogen) atoms. The first-order chi connectivity index (χ1) is 5.24. The fraction of sp³-hybridized carbons (Fsp3) is 0.333. The van der Waals surface area contributed by atoms with Crippen LogP contribution >= 0.6 is 12.6 Å². The van der Waals surface area contributed by atoms with Crippen molar-refractivity contribution in [3.05, 3.63) is 23.8 Å². The maximum Gasteiger partial charge on any atom is 0.129 e. The van der Waals surface area contributed by atoms with Gasteiger partial charge in [-0.2, -0.15) is 0 Å². The van der Waals surface area contributed by atoms with Crippen LogP contribution in [-0.2, 0) is 6.42 Å². The minimum Gasteiger partial charge on any atom is -0.507 e. The molecule has 0 saturated carbocycles. The lowest BCUT2D eigenvalue weighted by atomic mass is 10.1. The van der Waals surface area contributed by atoms with Crippen molar-refractivity contribution in [1.29, 1.82) is 0 Å². The van der Waals surface area contributed by atoms with Gasteiger partial charge < -0.3 is 5.11 Å². The van der Waals surface area contributed by atoms with Crippen LogP contribution in [-0.4, -0.2) is 5.11 Å². The fourth-order valence-corrected chi connectivity index (χ4v) is 1.15. The van der Waals surface area contributed by atoms with Crippen LogP contribution in [0.15, 0.2) is 23.1 Å². The van der Waals surface area contributed by atoms with E-state index in [9.17, 15) is 5.11 Å². The Morgan fingerprint density at radius 1 is 1.45 bits per heavy atom. The molecule has 0 radical (unpaired) electrons. The minimum absolute atomic E-state index is 0.277. The molecule has 1 nitrogen and oxygen atoms in total. The maximum atomic E-state index is 9.25. The fourth-order valence-electron chi connectivity index (χ4n) is 1.01. The van der Waals surface area contributed by atoms with Crippen molar-refractivity contribution < 1.29 is 5.11 Å². The molecule has 0 aromatic heterocycles. The number of phenols is 1. The zero-order chi connectivity index (χ0) is 8.27. The first-order valence-corrected chi connectivity index (χ1v) is 4.19. The van der Waals surface area contributed by atoms with Crippen molar-refractivity contribution in [2.75, 3.05) is 0 Å². The van der Waals surface area contributed by atoms with Gasteiger partial charge in [-0.15, -0.1) is 12.6 Å². The van der Waals surface area contributed by atoms with Crippen molar-refractivity contribution in [1.82, 2.24) is 0 Å². The summed E-state index contributed by atoms with van der Waals surface area (Å²) in [5.74, 6) is 0.277. The Hall–Kier alpha value is -0.630. The third kappa shape index (κ3) is 2.15. The van der Waals surface area contributed by atoms with Crippen LogP contribution in [0.1, 0.15) is 18.9 Å². The first kappa shape index (κ1) is 8.47. The number of hydrogen-bond acceptors (Lipinski definition) is 2. The van der Waals surface area contributed by atoms with E-state index in [-0.39, 0.29) is 5.75 Å². The van der Waals surface area contributed by atoms with Gasteiger partial charge in [-0.1, -0.05) is 19.4 Å². The van der Waals surface area contributed by atoms with Crippen molar-refractivity contribution >= 4 is 12.6 Å². The van der Waals surface area contributed by atoms with Gasteiger partial charge in [0.25, 0.3) is 0 Å². The number of aromatic hydroxyl groups is 1. The third-order valence-electron chi connectivity index (χ3n) is 1.58. The Morgan fingerprint density at radius 3 is 2.73 bits per heavy atom. The van der Waals surface area contributed by atoms with Gasteiger partial charge in [0.05, 0.1) is 0 Å². The molecule has 1 rings (SSSR count). The van der Waals surface area contributed by atoms with E-state index in [4.69, 9.17) is 0 Å². The first-order valence-electron chi connectivity index (χ1n) is 3.75. The summed E-state index contributed by atoms with van der Waals surface area (Å²) < 4.78 is 0. The molecule has 0 spiro atoms. The summed E-state index contributed by atoms with van der Waals surface area (Å²) in [4.78, 5) is 0.643. The molecular formula is C9H12OS. The summed E-state index contributed by atoms with van der Waals surface area (Å²) in [6.07, 6.45) is 2.12. The average Bonchev–Trinajstić information content (AvgIpc) is 1.98. The van der Waals surface area contributed by atoms with E-state index in [2.05, 4.69) is 19.6 Å². The van der Waals surface area contributed by atoms with Crippen molar-refractivity contribution in [2.24, 2.45) is 0 Å². The summed E-state index contributed by atoms with van der Waals surface area (Å²) in [6, 6.07) is 5.58. The highest BCUT2D eigenvalue weighted by atomic mass is 32.1. The van der Waals surface area contributed by atoms with E-state index in [1.54, 1.807) is 6.07 Å². The van der Waals surface area contributed by atoms with Gasteiger partial charge in [-0.25, -0.2) is 0 Å².